The van der Waals surface area contributed by atoms with E-state index in [9.17, 15) is 36.2 Å². The molecule has 3 nitrogen and oxygen atoms in total. The first-order valence-corrected chi connectivity index (χ1v) is 6.71. The van der Waals surface area contributed by atoms with E-state index in [2.05, 4.69) is 0 Å². The van der Waals surface area contributed by atoms with Gasteiger partial charge in [0.05, 0.1) is 11.1 Å². The predicted octanol–water partition coefficient (Wildman–Crippen LogP) is 4.51. The standard InChI is InChI=1S/C16H10F6O3/c17-15(18,19)10-4-1-8(2-5-10)9-3-6-11(13(23)14(24)25)12(7-9)16(20,21)22/h1-7,13,23H,(H,24,25). The van der Waals surface area contributed by atoms with Crippen LogP contribution in [0.5, 0.6) is 0 Å². The second kappa shape index (κ2) is 6.40. The van der Waals surface area contributed by atoms with Crippen molar-refractivity contribution in [3.63, 3.8) is 0 Å². The molecule has 2 aromatic carbocycles. The number of aliphatic carboxylic acids is 1. The molecule has 0 fully saturated rings. The first kappa shape index (κ1) is 18.8. The highest BCUT2D eigenvalue weighted by molar-refractivity contribution is 5.76. The number of carbonyl (C=O) groups is 1. The van der Waals surface area contributed by atoms with Gasteiger partial charge in [0.25, 0.3) is 0 Å². The number of carboxylic acid groups (broad SMARTS) is 1. The van der Waals surface area contributed by atoms with E-state index in [0.717, 1.165) is 36.4 Å². The molecule has 134 valence electrons. The molecule has 0 aliphatic carbocycles. The molecule has 0 aromatic heterocycles. The average Bonchev–Trinajstić information content (AvgIpc) is 2.52. The number of halogens is 6. The van der Waals surface area contributed by atoms with Crippen molar-refractivity contribution < 1.29 is 41.4 Å². The summed E-state index contributed by atoms with van der Waals surface area (Å²) >= 11 is 0. The van der Waals surface area contributed by atoms with E-state index in [1.54, 1.807) is 0 Å². The molecule has 2 aromatic rings. The summed E-state index contributed by atoms with van der Waals surface area (Å²) in [5, 5.41) is 18.1. The molecule has 1 unspecified atom stereocenters. The maximum Gasteiger partial charge on any atom is 0.416 e. The zero-order valence-corrected chi connectivity index (χ0v) is 12.2. The van der Waals surface area contributed by atoms with Crippen LogP contribution in [0.1, 0.15) is 22.8 Å². The molecule has 0 amide bonds. The summed E-state index contributed by atoms with van der Waals surface area (Å²) in [5.41, 5.74) is -3.17. The Hall–Kier alpha value is -2.55. The highest BCUT2D eigenvalue weighted by atomic mass is 19.4. The molecule has 0 bridgehead atoms. The third kappa shape index (κ3) is 4.11. The normalized spacial score (nSPS) is 13.6. The fraction of sp³-hybridized carbons (Fsp3) is 0.188. The van der Waals surface area contributed by atoms with Crippen LogP contribution in [0.25, 0.3) is 11.1 Å². The van der Waals surface area contributed by atoms with Crippen molar-refractivity contribution >= 4 is 5.97 Å². The summed E-state index contributed by atoms with van der Waals surface area (Å²) in [6, 6.07) is 5.93. The largest absolute Gasteiger partial charge is 0.479 e. The van der Waals surface area contributed by atoms with Gasteiger partial charge in [-0.15, -0.1) is 0 Å². The summed E-state index contributed by atoms with van der Waals surface area (Å²) in [5.74, 6) is -1.85. The van der Waals surface area contributed by atoms with Gasteiger partial charge in [0, 0.05) is 5.56 Å². The molecule has 1 atom stereocenters. The zero-order valence-electron chi connectivity index (χ0n) is 12.2. The number of hydrogen-bond acceptors (Lipinski definition) is 2. The SMILES string of the molecule is O=C(O)C(O)c1ccc(-c2ccc(C(F)(F)F)cc2)cc1C(F)(F)F. The molecule has 2 N–H and O–H groups in total. The molecule has 0 saturated carbocycles. The Kier molecular flexibility index (Phi) is 4.81. The molecule has 0 spiro atoms. The topological polar surface area (TPSA) is 57.5 Å². The van der Waals surface area contributed by atoms with E-state index in [4.69, 9.17) is 5.11 Å². The minimum atomic E-state index is -4.95. The lowest BCUT2D eigenvalue weighted by Crippen LogP contribution is -2.17. The van der Waals surface area contributed by atoms with Gasteiger partial charge in [-0.2, -0.15) is 26.3 Å². The highest BCUT2D eigenvalue weighted by Crippen LogP contribution is 2.38. The van der Waals surface area contributed by atoms with Crippen molar-refractivity contribution in [3.8, 4) is 11.1 Å². The first-order chi connectivity index (χ1) is 11.4. The van der Waals surface area contributed by atoms with Gasteiger partial charge in [-0.3, -0.25) is 0 Å². The molecule has 0 aliphatic heterocycles. The number of rotatable bonds is 3. The van der Waals surface area contributed by atoms with Crippen LogP contribution in [-0.4, -0.2) is 16.2 Å². The lowest BCUT2D eigenvalue weighted by molar-refractivity contribution is -0.149. The van der Waals surface area contributed by atoms with Crippen LogP contribution in [0.4, 0.5) is 26.3 Å². The van der Waals surface area contributed by atoms with Gasteiger partial charge >= 0.3 is 18.3 Å². The summed E-state index contributed by atoms with van der Waals surface area (Å²) in [4.78, 5) is 10.7. The number of aliphatic hydroxyl groups is 1. The van der Waals surface area contributed by atoms with Gasteiger partial charge in [-0.25, -0.2) is 4.79 Å². The molecule has 0 saturated heterocycles. The van der Waals surface area contributed by atoms with E-state index in [-0.39, 0.29) is 11.1 Å². The predicted molar refractivity (Wildman–Crippen MR) is 74.5 cm³/mol. The van der Waals surface area contributed by atoms with E-state index in [1.807, 2.05) is 0 Å². The van der Waals surface area contributed by atoms with E-state index in [1.165, 1.54) is 0 Å². The second-order valence-corrected chi connectivity index (χ2v) is 5.12. The van der Waals surface area contributed by atoms with Crippen molar-refractivity contribution in [1.82, 2.24) is 0 Å². The van der Waals surface area contributed by atoms with Crippen LogP contribution < -0.4 is 0 Å². The van der Waals surface area contributed by atoms with Crippen LogP contribution in [0.3, 0.4) is 0 Å². The van der Waals surface area contributed by atoms with Crippen molar-refractivity contribution in [2.45, 2.75) is 18.5 Å². The number of benzene rings is 2. The molecular formula is C16H10F6O3. The third-order valence-corrected chi connectivity index (χ3v) is 3.43. The van der Waals surface area contributed by atoms with E-state index < -0.39 is 41.1 Å². The van der Waals surface area contributed by atoms with Crippen molar-refractivity contribution in [2.24, 2.45) is 0 Å². The Labute approximate surface area is 137 Å². The van der Waals surface area contributed by atoms with Gasteiger partial charge in [-0.1, -0.05) is 24.3 Å². The average molecular weight is 364 g/mol. The molecule has 2 rings (SSSR count). The molecule has 25 heavy (non-hydrogen) atoms. The number of aliphatic hydroxyl groups excluding tert-OH is 1. The lowest BCUT2D eigenvalue weighted by Gasteiger charge is -2.17. The van der Waals surface area contributed by atoms with Crippen molar-refractivity contribution in [2.75, 3.05) is 0 Å². The maximum atomic E-state index is 13.1. The molecule has 0 radical (unpaired) electrons. The number of hydrogen-bond donors (Lipinski definition) is 2. The van der Waals surface area contributed by atoms with Crippen LogP contribution in [0, 0.1) is 0 Å². The van der Waals surface area contributed by atoms with Crippen molar-refractivity contribution in [1.29, 1.82) is 0 Å². The Morgan fingerprint density at radius 2 is 1.36 bits per heavy atom. The van der Waals surface area contributed by atoms with Crippen LogP contribution in [0.2, 0.25) is 0 Å². The fourth-order valence-corrected chi connectivity index (χ4v) is 2.20. The molecule has 0 aliphatic rings. The lowest BCUT2D eigenvalue weighted by atomic mass is 9.95. The van der Waals surface area contributed by atoms with Crippen LogP contribution in [0.15, 0.2) is 42.5 Å². The molecule has 9 heteroatoms. The number of alkyl halides is 6. The Balaban J connectivity index is 2.52. The van der Waals surface area contributed by atoms with E-state index in [0.29, 0.717) is 6.07 Å². The van der Waals surface area contributed by atoms with Gasteiger partial charge in [0.2, 0.25) is 0 Å². The minimum Gasteiger partial charge on any atom is -0.479 e. The molecular weight excluding hydrogens is 354 g/mol. The summed E-state index contributed by atoms with van der Waals surface area (Å²) in [6.45, 7) is 0. The first-order valence-electron chi connectivity index (χ1n) is 6.71. The minimum absolute atomic E-state index is 0.0672. The maximum absolute atomic E-state index is 13.1. The van der Waals surface area contributed by atoms with Gasteiger partial charge in [0.1, 0.15) is 0 Å². The highest BCUT2D eigenvalue weighted by Gasteiger charge is 2.37. The van der Waals surface area contributed by atoms with Crippen LogP contribution in [-0.2, 0) is 17.1 Å². The fourth-order valence-electron chi connectivity index (χ4n) is 2.20. The van der Waals surface area contributed by atoms with Gasteiger partial charge in [0.15, 0.2) is 6.10 Å². The van der Waals surface area contributed by atoms with Gasteiger partial charge < -0.3 is 10.2 Å². The Morgan fingerprint density at radius 3 is 1.80 bits per heavy atom. The zero-order chi connectivity index (χ0) is 19.0. The third-order valence-electron chi connectivity index (χ3n) is 3.43. The quantitative estimate of drug-likeness (QED) is 0.788. The second-order valence-electron chi connectivity index (χ2n) is 5.12. The monoisotopic (exact) mass is 364 g/mol. The van der Waals surface area contributed by atoms with Crippen molar-refractivity contribution in [3.05, 3.63) is 59.2 Å². The van der Waals surface area contributed by atoms with E-state index >= 15 is 0 Å². The summed E-state index contributed by atoms with van der Waals surface area (Å²) in [7, 11) is 0. The number of carboxylic acids is 1. The van der Waals surface area contributed by atoms with Gasteiger partial charge in [-0.05, 0) is 29.3 Å². The molecule has 0 heterocycles. The smallest absolute Gasteiger partial charge is 0.416 e. The summed E-state index contributed by atoms with van der Waals surface area (Å²) < 4.78 is 77.0. The Bertz CT molecular complexity index is 778. The summed E-state index contributed by atoms with van der Waals surface area (Å²) in [6.07, 6.45) is -11.9. The Morgan fingerprint density at radius 1 is 0.840 bits per heavy atom. The van der Waals surface area contributed by atoms with Crippen LogP contribution >= 0.6 is 0 Å².